The van der Waals surface area contributed by atoms with E-state index in [-0.39, 0.29) is 5.92 Å². The molecular weight excluding hydrogens is 316 g/mol. The van der Waals surface area contributed by atoms with Crippen molar-refractivity contribution in [2.45, 2.75) is 33.6 Å². The van der Waals surface area contributed by atoms with Crippen molar-refractivity contribution in [1.82, 2.24) is 0 Å². The maximum absolute atomic E-state index is 11.5. The number of ether oxygens (including phenoxy) is 2. The van der Waals surface area contributed by atoms with E-state index in [0.29, 0.717) is 11.5 Å². The van der Waals surface area contributed by atoms with E-state index in [2.05, 4.69) is 0 Å². The Bertz CT molecular complexity index is 789. The lowest BCUT2D eigenvalue weighted by Crippen LogP contribution is -2.08. The molecule has 0 aromatic heterocycles. The third-order valence-corrected chi connectivity index (χ3v) is 3.50. The molecule has 0 unspecified atom stereocenters. The summed E-state index contributed by atoms with van der Waals surface area (Å²) >= 11 is 0. The molecule has 0 amide bonds. The summed E-state index contributed by atoms with van der Waals surface area (Å²) in [5.74, 6) is 0.0369. The minimum absolute atomic E-state index is 0.121. The molecule has 0 atom stereocenters. The minimum atomic E-state index is -0.427. The van der Waals surface area contributed by atoms with Crippen molar-refractivity contribution in [2.75, 3.05) is 0 Å². The quantitative estimate of drug-likeness (QED) is 0.445. The van der Waals surface area contributed by atoms with Gasteiger partial charge in [0.2, 0.25) is 0 Å². The van der Waals surface area contributed by atoms with E-state index in [4.69, 9.17) is 9.47 Å². The monoisotopic (exact) mass is 338 g/mol. The maximum Gasteiger partial charge on any atom is 0.308 e. The van der Waals surface area contributed by atoms with Crippen molar-refractivity contribution in [3.63, 3.8) is 0 Å². The van der Waals surface area contributed by atoms with Gasteiger partial charge in [0.25, 0.3) is 0 Å². The fourth-order valence-electron chi connectivity index (χ4n) is 2.59. The Morgan fingerprint density at radius 3 is 2.12 bits per heavy atom. The summed E-state index contributed by atoms with van der Waals surface area (Å²) in [4.78, 5) is 22.8. The first-order valence-electron chi connectivity index (χ1n) is 8.14. The molecule has 2 rings (SSSR count). The van der Waals surface area contributed by atoms with Crippen molar-refractivity contribution >= 4 is 24.1 Å². The Kier molecular flexibility index (Phi) is 6.12. The van der Waals surface area contributed by atoms with E-state index in [1.54, 1.807) is 12.1 Å². The third-order valence-electron chi connectivity index (χ3n) is 3.50. The van der Waals surface area contributed by atoms with Gasteiger partial charge in [-0.15, -0.1) is 0 Å². The first-order chi connectivity index (χ1) is 11.9. The van der Waals surface area contributed by atoms with Gasteiger partial charge in [-0.2, -0.15) is 0 Å². The van der Waals surface area contributed by atoms with Crippen LogP contribution in [0.5, 0.6) is 11.5 Å². The SMILES string of the molecule is CC(=O)Oc1cc(/C=C/c2ccccc2)c(C(C)C)c(OC(C)=O)c1. The van der Waals surface area contributed by atoms with Crippen LogP contribution in [0.4, 0.5) is 0 Å². The highest BCUT2D eigenvalue weighted by Gasteiger charge is 2.17. The molecule has 2 aromatic rings. The van der Waals surface area contributed by atoms with Gasteiger partial charge in [0.05, 0.1) is 0 Å². The zero-order valence-electron chi connectivity index (χ0n) is 14.9. The Hall–Kier alpha value is -2.88. The second kappa shape index (κ2) is 8.29. The zero-order valence-corrected chi connectivity index (χ0v) is 14.9. The molecule has 0 aliphatic rings. The standard InChI is InChI=1S/C21H22O4/c1-14(2)21-18(11-10-17-8-6-5-7-9-17)12-19(24-15(3)22)13-20(21)25-16(4)23/h5-14H,1-4H3/b11-10+. The van der Waals surface area contributed by atoms with Gasteiger partial charge in [-0.05, 0) is 23.1 Å². The minimum Gasteiger partial charge on any atom is -0.427 e. The predicted octanol–water partition coefficient (Wildman–Crippen LogP) is 4.83. The number of esters is 2. The highest BCUT2D eigenvalue weighted by Crippen LogP contribution is 2.35. The first kappa shape index (κ1) is 18.5. The third kappa shape index (κ3) is 5.31. The van der Waals surface area contributed by atoms with E-state index in [1.165, 1.54) is 13.8 Å². The molecule has 25 heavy (non-hydrogen) atoms. The highest BCUT2D eigenvalue weighted by atomic mass is 16.5. The summed E-state index contributed by atoms with van der Waals surface area (Å²) in [6, 6.07) is 13.2. The smallest absolute Gasteiger partial charge is 0.308 e. The number of carbonyl (C=O) groups is 2. The summed E-state index contributed by atoms with van der Waals surface area (Å²) in [6.45, 7) is 6.73. The molecule has 0 radical (unpaired) electrons. The van der Waals surface area contributed by atoms with Gasteiger partial charge in [0.1, 0.15) is 11.5 Å². The number of rotatable bonds is 5. The van der Waals surface area contributed by atoms with Crippen LogP contribution in [0.2, 0.25) is 0 Å². The molecular formula is C21H22O4. The molecule has 0 spiro atoms. The molecule has 0 aliphatic heterocycles. The van der Waals surface area contributed by atoms with Gasteiger partial charge in [-0.25, -0.2) is 0 Å². The Labute approximate surface area is 148 Å². The summed E-state index contributed by atoms with van der Waals surface area (Å²) < 4.78 is 10.6. The fraction of sp³-hybridized carbons (Fsp3) is 0.238. The van der Waals surface area contributed by atoms with Gasteiger partial charge in [-0.3, -0.25) is 9.59 Å². The lowest BCUT2D eigenvalue weighted by molar-refractivity contribution is -0.132. The van der Waals surface area contributed by atoms with Gasteiger partial charge >= 0.3 is 11.9 Å². The highest BCUT2D eigenvalue weighted by molar-refractivity contribution is 5.77. The van der Waals surface area contributed by atoms with Crippen LogP contribution in [0.3, 0.4) is 0 Å². The molecule has 0 fully saturated rings. The van der Waals surface area contributed by atoms with Crippen LogP contribution in [-0.2, 0) is 9.59 Å². The molecule has 130 valence electrons. The fourth-order valence-corrected chi connectivity index (χ4v) is 2.59. The Morgan fingerprint density at radius 1 is 0.920 bits per heavy atom. The van der Waals surface area contributed by atoms with Crippen molar-refractivity contribution in [3.8, 4) is 11.5 Å². The topological polar surface area (TPSA) is 52.6 Å². The summed E-state index contributed by atoms with van der Waals surface area (Å²) in [5, 5.41) is 0. The zero-order chi connectivity index (χ0) is 18.4. The van der Waals surface area contributed by atoms with E-state index in [9.17, 15) is 9.59 Å². The van der Waals surface area contributed by atoms with Crippen molar-refractivity contribution in [1.29, 1.82) is 0 Å². The molecule has 2 aromatic carbocycles. The van der Waals surface area contributed by atoms with Gasteiger partial charge in [0, 0.05) is 25.5 Å². The van der Waals surface area contributed by atoms with E-state index in [0.717, 1.165) is 16.7 Å². The second-order valence-corrected chi connectivity index (χ2v) is 6.01. The van der Waals surface area contributed by atoms with Crippen LogP contribution in [0.25, 0.3) is 12.2 Å². The lowest BCUT2D eigenvalue weighted by Gasteiger charge is -2.17. The first-order valence-corrected chi connectivity index (χ1v) is 8.14. The van der Waals surface area contributed by atoms with Crippen molar-refractivity contribution in [3.05, 3.63) is 59.2 Å². The Balaban J connectivity index is 2.54. The predicted molar refractivity (Wildman–Crippen MR) is 98.5 cm³/mol. The molecule has 0 aliphatic carbocycles. The van der Waals surface area contributed by atoms with Gasteiger partial charge in [0.15, 0.2) is 0 Å². The molecule has 0 heterocycles. The van der Waals surface area contributed by atoms with Gasteiger partial charge in [-0.1, -0.05) is 56.3 Å². The van der Waals surface area contributed by atoms with Crippen molar-refractivity contribution < 1.29 is 19.1 Å². The summed E-state index contributed by atoms with van der Waals surface area (Å²) in [6.07, 6.45) is 3.90. The number of benzene rings is 2. The molecule has 4 heteroatoms. The number of carbonyl (C=O) groups excluding carboxylic acids is 2. The number of hydrogen-bond acceptors (Lipinski definition) is 4. The van der Waals surface area contributed by atoms with Crippen LogP contribution in [0.1, 0.15) is 50.3 Å². The molecule has 0 bridgehead atoms. The van der Waals surface area contributed by atoms with E-state index in [1.807, 2.05) is 56.3 Å². The van der Waals surface area contributed by atoms with E-state index >= 15 is 0 Å². The molecule has 0 saturated heterocycles. The summed E-state index contributed by atoms with van der Waals surface area (Å²) in [7, 11) is 0. The maximum atomic E-state index is 11.5. The largest absolute Gasteiger partial charge is 0.427 e. The molecule has 4 nitrogen and oxygen atoms in total. The average Bonchev–Trinajstić information content (AvgIpc) is 2.52. The lowest BCUT2D eigenvalue weighted by atomic mass is 9.95. The van der Waals surface area contributed by atoms with Crippen LogP contribution >= 0.6 is 0 Å². The van der Waals surface area contributed by atoms with Gasteiger partial charge < -0.3 is 9.47 Å². The van der Waals surface area contributed by atoms with Crippen molar-refractivity contribution in [2.24, 2.45) is 0 Å². The Morgan fingerprint density at radius 2 is 1.56 bits per heavy atom. The van der Waals surface area contributed by atoms with Crippen LogP contribution in [-0.4, -0.2) is 11.9 Å². The normalized spacial score (nSPS) is 10.9. The van der Waals surface area contributed by atoms with Crippen LogP contribution in [0.15, 0.2) is 42.5 Å². The summed E-state index contributed by atoms with van der Waals surface area (Å²) in [5.41, 5.74) is 2.77. The average molecular weight is 338 g/mol. The van der Waals surface area contributed by atoms with E-state index < -0.39 is 11.9 Å². The molecule has 0 saturated carbocycles. The van der Waals surface area contributed by atoms with Crippen LogP contribution in [0, 0.1) is 0 Å². The second-order valence-electron chi connectivity index (χ2n) is 6.01. The number of hydrogen-bond donors (Lipinski definition) is 0. The van der Waals surface area contributed by atoms with Crippen LogP contribution < -0.4 is 9.47 Å². The molecule has 0 N–H and O–H groups in total.